The molecule has 0 bridgehead atoms. The van der Waals surface area contributed by atoms with Gasteiger partial charge in [0, 0.05) is 42.4 Å². The van der Waals surface area contributed by atoms with Crippen molar-refractivity contribution in [1.29, 1.82) is 0 Å². The number of ether oxygens (including phenoxy) is 1. The summed E-state index contributed by atoms with van der Waals surface area (Å²) in [5.74, 6) is 2.13. The summed E-state index contributed by atoms with van der Waals surface area (Å²) < 4.78 is 6.44. The van der Waals surface area contributed by atoms with Gasteiger partial charge in [0.25, 0.3) is 5.78 Å². The third kappa shape index (κ3) is 4.39. The first-order valence-electron chi connectivity index (χ1n) is 8.64. The van der Waals surface area contributed by atoms with Crippen molar-refractivity contribution in [2.75, 3.05) is 31.9 Å². The summed E-state index contributed by atoms with van der Waals surface area (Å²) in [7, 11) is 5.41. The highest BCUT2D eigenvalue weighted by atomic mass is 32.2. The lowest BCUT2D eigenvalue weighted by molar-refractivity contribution is -0.140. The summed E-state index contributed by atoms with van der Waals surface area (Å²) in [6.45, 7) is 2.01. The molecule has 0 aliphatic carbocycles. The summed E-state index contributed by atoms with van der Waals surface area (Å²) >= 11 is 1.65. The minimum absolute atomic E-state index is 0.179. The fraction of sp³-hybridized carbons (Fsp3) is 0.368. The predicted molar refractivity (Wildman–Crippen MR) is 106 cm³/mol. The Hall–Kier alpha value is -2.61. The van der Waals surface area contributed by atoms with Gasteiger partial charge in [-0.3, -0.25) is 4.79 Å². The Balaban J connectivity index is 1.78. The number of anilines is 1. The van der Waals surface area contributed by atoms with Crippen LogP contribution in [0.1, 0.15) is 23.2 Å². The molecule has 7 nitrogen and oxygen atoms in total. The maximum Gasteiger partial charge on any atom is 0.306 e. The Morgan fingerprint density at radius 1 is 1.26 bits per heavy atom. The number of rotatable bonds is 7. The van der Waals surface area contributed by atoms with Gasteiger partial charge in [0.1, 0.15) is 12.1 Å². The second-order valence-corrected chi connectivity index (χ2v) is 7.53. The number of carbonyl (C=O) groups is 1. The summed E-state index contributed by atoms with van der Waals surface area (Å²) in [4.78, 5) is 23.2. The Kier molecular flexibility index (Phi) is 5.95. The smallest absolute Gasteiger partial charge is 0.306 e. The molecule has 0 radical (unpaired) electrons. The molecular weight excluding hydrogens is 362 g/mol. The number of fused-ring (bicyclic) bond motifs is 1. The van der Waals surface area contributed by atoms with Crippen LogP contribution in [0, 0.1) is 6.92 Å². The zero-order chi connectivity index (χ0) is 19.4. The Bertz CT molecular complexity index is 937. The zero-order valence-corrected chi connectivity index (χ0v) is 16.8. The molecule has 0 saturated heterocycles. The van der Waals surface area contributed by atoms with E-state index in [1.807, 2.05) is 25.9 Å². The highest BCUT2D eigenvalue weighted by Gasteiger charge is 2.16. The average Bonchev–Trinajstić information content (AvgIpc) is 3.10. The molecule has 0 saturated carbocycles. The Morgan fingerprint density at radius 3 is 2.67 bits per heavy atom. The molecule has 0 amide bonds. The average molecular weight is 385 g/mol. The molecule has 1 aromatic carbocycles. The number of thioether (sulfide) groups is 1. The fourth-order valence-corrected chi connectivity index (χ4v) is 3.73. The van der Waals surface area contributed by atoms with Crippen molar-refractivity contribution < 1.29 is 9.53 Å². The van der Waals surface area contributed by atoms with Crippen LogP contribution >= 0.6 is 11.8 Å². The molecular formula is C19H23N5O2S. The van der Waals surface area contributed by atoms with Gasteiger partial charge in [-0.2, -0.15) is 14.6 Å². The lowest BCUT2D eigenvalue weighted by Crippen LogP contribution is -2.18. The standard InChI is InChI=1S/C19H23N5O2S/c1-13-16(18(23(2)3)24-19(22-13)20-12-21-24)11-14-5-7-15(8-6-14)27-10-9-17(25)26-4/h5-8,12H,9-11H2,1-4H3. The van der Waals surface area contributed by atoms with Gasteiger partial charge in [0.2, 0.25) is 0 Å². The van der Waals surface area contributed by atoms with Gasteiger partial charge in [-0.05, 0) is 24.6 Å². The number of nitrogens with zero attached hydrogens (tertiary/aromatic N) is 5. The summed E-state index contributed by atoms with van der Waals surface area (Å²) in [6, 6.07) is 8.41. The fourth-order valence-electron chi connectivity index (χ4n) is 2.90. The monoisotopic (exact) mass is 385 g/mol. The van der Waals surface area contributed by atoms with E-state index in [0.717, 1.165) is 28.4 Å². The van der Waals surface area contributed by atoms with Crippen molar-refractivity contribution in [3.8, 4) is 0 Å². The van der Waals surface area contributed by atoms with Crippen molar-refractivity contribution in [3.05, 3.63) is 47.4 Å². The highest BCUT2D eigenvalue weighted by molar-refractivity contribution is 7.99. The largest absolute Gasteiger partial charge is 0.469 e. The molecule has 0 spiro atoms. The molecule has 8 heteroatoms. The van der Waals surface area contributed by atoms with Crippen LogP contribution in [0.5, 0.6) is 0 Å². The van der Waals surface area contributed by atoms with Crippen molar-refractivity contribution in [3.63, 3.8) is 0 Å². The van der Waals surface area contributed by atoms with E-state index in [2.05, 4.69) is 44.1 Å². The SMILES string of the molecule is COC(=O)CCSc1ccc(Cc2c(C)nc3ncnn3c2N(C)C)cc1. The van der Waals surface area contributed by atoms with Crippen LogP contribution < -0.4 is 4.90 Å². The molecule has 142 valence electrons. The van der Waals surface area contributed by atoms with Gasteiger partial charge in [-0.25, -0.2) is 4.98 Å². The molecule has 27 heavy (non-hydrogen) atoms. The van der Waals surface area contributed by atoms with Crippen LogP contribution in [-0.4, -0.2) is 52.5 Å². The van der Waals surface area contributed by atoms with E-state index in [4.69, 9.17) is 0 Å². The first kappa shape index (κ1) is 19.2. The van der Waals surface area contributed by atoms with Crippen LogP contribution in [0.15, 0.2) is 35.5 Å². The number of carbonyl (C=O) groups excluding carboxylic acids is 1. The maximum atomic E-state index is 11.2. The normalized spacial score (nSPS) is 11.0. The molecule has 0 fully saturated rings. The quantitative estimate of drug-likeness (QED) is 0.457. The van der Waals surface area contributed by atoms with Crippen molar-refractivity contribution in [2.45, 2.75) is 24.7 Å². The van der Waals surface area contributed by atoms with Crippen LogP contribution in [-0.2, 0) is 16.0 Å². The summed E-state index contributed by atoms with van der Waals surface area (Å²) in [5, 5.41) is 4.31. The van der Waals surface area contributed by atoms with Gasteiger partial charge in [0.15, 0.2) is 0 Å². The zero-order valence-electron chi connectivity index (χ0n) is 16.0. The number of methoxy groups -OCH3 is 1. The molecule has 3 rings (SSSR count). The maximum absolute atomic E-state index is 11.2. The topological polar surface area (TPSA) is 72.6 Å². The minimum Gasteiger partial charge on any atom is -0.469 e. The minimum atomic E-state index is -0.179. The van der Waals surface area contributed by atoms with E-state index < -0.39 is 0 Å². The number of esters is 1. The third-order valence-electron chi connectivity index (χ3n) is 4.24. The van der Waals surface area contributed by atoms with Gasteiger partial charge in [-0.1, -0.05) is 12.1 Å². The van der Waals surface area contributed by atoms with E-state index in [0.29, 0.717) is 18.0 Å². The van der Waals surface area contributed by atoms with Crippen LogP contribution in [0.25, 0.3) is 5.78 Å². The molecule has 0 aliphatic rings. The van der Waals surface area contributed by atoms with Crippen molar-refractivity contribution in [2.24, 2.45) is 0 Å². The van der Waals surface area contributed by atoms with Gasteiger partial charge < -0.3 is 9.64 Å². The molecule has 0 N–H and O–H groups in total. The Morgan fingerprint density at radius 2 is 2.00 bits per heavy atom. The van der Waals surface area contributed by atoms with Crippen molar-refractivity contribution >= 4 is 29.3 Å². The van der Waals surface area contributed by atoms with Crippen LogP contribution in [0.3, 0.4) is 0 Å². The first-order chi connectivity index (χ1) is 13.0. The lowest BCUT2D eigenvalue weighted by Gasteiger charge is -2.19. The van der Waals surface area contributed by atoms with Gasteiger partial charge in [0.05, 0.1) is 13.5 Å². The van der Waals surface area contributed by atoms with Crippen LogP contribution in [0.4, 0.5) is 5.82 Å². The van der Waals surface area contributed by atoms with E-state index in [-0.39, 0.29) is 5.97 Å². The molecule has 2 aromatic heterocycles. The molecule has 0 unspecified atom stereocenters. The third-order valence-corrected chi connectivity index (χ3v) is 5.25. The number of benzene rings is 1. The predicted octanol–water partition coefficient (Wildman–Crippen LogP) is 2.74. The number of hydrogen-bond donors (Lipinski definition) is 0. The first-order valence-corrected chi connectivity index (χ1v) is 9.63. The highest BCUT2D eigenvalue weighted by Crippen LogP contribution is 2.26. The summed E-state index contributed by atoms with van der Waals surface area (Å²) in [5.41, 5.74) is 3.28. The second kappa shape index (κ2) is 8.39. The number of aromatic nitrogens is 4. The molecule has 3 aromatic rings. The second-order valence-electron chi connectivity index (χ2n) is 6.36. The Labute approximate surface area is 162 Å². The van der Waals surface area contributed by atoms with E-state index >= 15 is 0 Å². The lowest BCUT2D eigenvalue weighted by atomic mass is 10.0. The van der Waals surface area contributed by atoms with E-state index in [9.17, 15) is 4.79 Å². The van der Waals surface area contributed by atoms with Crippen LogP contribution in [0.2, 0.25) is 0 Å². The van der Waals surface area contributed by atoms with Gasteiger partial charge in [-0.15, -0.1) is 11.8 Å². The van der Waals surface area contributed by atoms with E-state index in [1.54, 1.807) is 16.3 Å². The van der Waals surface area contributed by atoms with E-state index in [1.165, 1.54) is 19.0 Å². The summed E-state index contributed by atoms with van der Waals surface area (Å²) in [6.07, 6.45) is 2.70. The number of aryl methyl sites for hydroxylation is 1. The molecule has 0 aliphatic heterocycles. The van der Waals surface area contributed by atoms with Crippen molar-refractivity contribution in [1.82, 2.24) is 19.6 Å². The number of hydrogen-bond acceptors (Lipinski definition) is 7. The molecule has 2 heterocycles. The molecule has 0 atom stereocenters. The van der Waals surface area contributed by atoms with Gasteiger partial charge >= 0.3 is 5.97 Å².